The molecule has 2 aliphatic rings. The number of Topliss-reactive ketones (excluding diaryl/α,β-unsaturated/α-hetero) is 1. The number of halogens is 2. The Labute approximate surface area is 516 Å². The molecule has 2 aromatic heterocycles. The highest BCUT2D eigenvalue weighted by atomic mass is 35.5. The lowest BCUT2D eigenvalue weighted by Gasteiger charge is -2.35. The molecule has 6 aromatic rings. The van der Waals surface area contributed by atoms with Gasteiger partial charge in [0.25, 0.3) is 0 Å². The molecule has 87 heavy (non-hydrogen) atoms. The van der Waals surface area contributed by atoms with Crippen LogP contribution in [0.5, 0.6) is 5.75 Å². The van der Waals surface area contributed by atoms with Crippen molar-refractivity contribution in [3.05, 3.63) is 106 Å². The van der Waals surface area contributed by atoms with E-state index in [1.165, 1.54) is 21.9 Å². The molecule has 466 valence electrons. The van der Waals surface area contributed by atoms with Gasteiger partial charge in [0.2, 0.25) is 29.6 Å². The molecule has 0 spiro atoms. The molecule has 0 unspecified atom stereocenters. The van der Waals surface area contributed by atoms with E-state index in [0.29, 0.717) is 86.6 Å². The summed E-state index contributed by atoms with van der Waals surface area (Å²) in [5.41, 5.74) is 4.63. The van der Waals surface area contributed by atoms with Gasteiger partial charge in [0, 0.05) is 83.6 Å². The third-order valence-electron chi connectivity index (χ3n) is 15.4. The number of aliphatic hydroxyl groups excluding tert-OH is 1. The maximum atomic E-state index is 17.0. The van der Waals surface area contributed by atoms with Crippen molar-refractivity contribution < 1.29 is 57.5 Å². The van der Waals surface area contributed by atoms with Gasteiger partial charge in [0.05, 0.1) is 79.5 Å². The number of carbonyl (C=O) groups excluding carboxylic acids is 5. The van der Waals surface area contributed by atoms with Gasteiger partial charge in [-0.3, -0.25) is 24.0 Å². The van der Waals surface area contributed by atoms with Gasteiger partial charge in [-0.1, -0.05) is 93.9 Å². The van der Waals surface area contributed by atoms with Crippen molar-refractivity contribution in [1.82, 2.24) is 35.0 Å². The summed E-state index contributed by atoms with van der Waals surface area (Å²) in [4.78, 5) is 88.0. The molecule has 2 saturated heterocycles. The number of ether oxygens (including phenoxy) is 4. The largest absolute Gasteiger partial charge is 0.508 e. The molecule has 4 N–H and O–H groups in total. The van der Waals surface area contributed by atoms with Crippen molar-refractivity contribution in [2.45, 2.75) is 84.4 Å². The van der Waals surface area contributed by atoms with Crippen molar-refractivity contribution in [2.75, 3.05) is 116 Å². The third kappa shape index (κ3) is 17.3. The second kappa shape index (κ2) is 30.6. The summed E-state index contributed by atoms with van der Waals surface area (Å²) < 4.78 is 39.4. The quantitative estimate of drug-likeness (QED) is 0.0268. The van der Waals surface area contributed by atoms with E-state index in [1.54, 1.807) is 48.5 Å². The zero-order chi connectivity index (χ0) is 62.4. The van der Waals surface area contributed by atoms with E-state index in [-0.39, 0.29) is 110 Å². The molecule has 4 amide bonds. The Kier molecular flexibility index (Phi) is 23.2. The predicted molar refractivity (Wildman–Crippen MR) is 335 cm³/mol. The smallest absolute Gasteiger partial charge is 0.246 e. The number of likely N-dealkylation sites (tertiary alicyclic amines) is 1. The number of aryl methyl sites for hydroxylation is 1. The van der Waals surface area contributed by atoms with Gasteiger partial charge in [-0.15, -0.1) is 11.3 Å². The van der Waals surface area contributed by atoms with Crippen molar-refractivity contribution in [1.29, 1.82) is 0 Å². The number of amides is 4. The first-order valence-corrected chi connectivity index (χ1v) is 30.6. The van der Waals surface area contributed by atoms with Crippen LogP contribution in [0.2, 0.25) is 5.02 Å². The van der Waals surface area contributed by atoms with Crippen LogP contribution in [0.4, 0.5) is 16.2 Å². The second-order valence-electron chi connectivity index (χ2n) is 23.1. The molecule has 23 heteroatoms. The molecular weight excluding hydrogens is 1160 g/mol. The number of anilines is 2. The lowest BCUT2D eigenvalue weighted by Crippen LogP contribution is -2.57. The Bertz CT molecular complexity index is 3410. The third-order valence-corrected chi connectivity index (χ3v) is 16.7. The minimum absolute atomic E-state index is 0.00268. The molecule has 8 rings (SSSR count). The lowest BCUT2D eigenvalue weighted by molar-refractivity contribution is -0.144. The van der Waals surface area contributed by atoms with Crippen LogP contribution in [0.25, 0.3) is 43.2 Å². The van der Waals surface area contributed by atoms with E-state index in [1.807, 2.05) is 93.6 Å². The number of β-amino-alcohol motifs (C(OH)–C–C–N with tert-alkyl or cyclic N) is 1. The summed E-state index contributed by atoms with van der Waals surface area (Å²) in [6.07, 6.45) is 3.42. The molecule has 4 heterocycles. The Morgan fingerprint density at radius 3 is 2.24 bits per heavy atom. The number of phenols is 1. The first-order valence-electron chi connectivity index (χ1n) is 29.4. The fraction of sp³-hybridized carbons (Fsp3) is 0.469. The van der Waals surface area contributed by atoms with Gasteiger partial charge < -0.3 is 59.4 Å². The first-order chi connectivity index (χ1) is 41.7. The molecule has 2 aliphatic heterocycles. The molecular formula is C64H79ClFN9O11S. The molecule has 4 atom stereocenters. The van der Waals surface area contributed by atoms with Gasteiger partial charge in [-0.2, -0.15) is 4.98 Å². The van der Waals surface area contributed by atoms with Crippen LogP contribution in [0.1, 0.15) is 70.6 Å². The zero-order valence-corrected chi connectivity index (χ0v) is 52.1. The molecule has 0 aliphatic carbocycles. The van der Waals surface area contributed by atoms with E-state index < -0.39 is 41.2 Å². The fourth-order valence-corrected chi connectivity index (χ4v) is 11.7. The maximum Gasteiger partial charge on any atom is 0.246 e. The number of phenolic OH excluding ortho intramolecular Hbond substituents is 1. The molecule has 0 saturated carbocycles. The monoisotopic (exact) mass is 1240 g/mol. The number of carbonyl (C=O) groups is 5. The predicted octanol–water partition coefficient (Wildman–Crippen LogP) is 8.19. The van der Waals surface area contributed by atoms with Crippen molar-refractivity contribution in [3.8, 4) is 27.3 Å². The van der Waals surface area contributed by atoms with E-state index in [9.17, 15) is 34.2 Å². The summed E-state index contributed by atoms with van der Waals surface area (Å²) >= 11 is 8.48. The lowest BCUT2D eigenvalue weighted by atomic mass is 9.85. The number of hydrogen-bond donors (Lipinski definition) is 4. The Hall–Kier alpha value is -7.18. The second-order valence-corrected chi connectivity index (χ2v) is 24.4. The number of thiazole rings is 1. The van der Waals surface area contributed by atoms with Crippen LogP contribution in [-0.2, 0) is 42.9 Å². The number of benzene rings is 4. The summed E-state index contributed by atoms with van der Waals surface area (Å²) in [7, 11) is 3.33. The van der Waals surface area contributed by atoms with Crippen LogP contribution in [-0.4, -0.2) is 194 Å². The number of fused-ring (bicyclic) bond motifs is 2. The standard InChI is InChI=1S/C64H79ClFN9O11S/c1-40(42-15-17-43(18-16-42)59-41(2)68-39-87-59)32-52(78)51-35-46(77)37-75(51)62(82)60(64(3,4)5)69-53(79)38-86-31-30-85-29-28-84-27-26-83-25-11-10-14-55(81)73-21-23-74(24-22-73)61-49-36-50(65)56(48-34-45(76)33-44-12-8-9-13-47(44)48)57(66)58(49)70-63(71-61)67-20-19-54(80)72(6)7/h8-10,12-18,33-34,36,39-40,46,51,60,76-77H,11,19-32,35,37-38H2,1-7H3,(H,69,79)(H,67,70,71)/b14-10+/t40-,46-,51+,60-/m1/s1. The zero-order valence-electron chi connectivity index (χ0n) is 50.5. The number of nitrogens with one attached hydrogen (secondary N) is 2. The Balaban J connectivity index is 0.705. The van der Waals surface area contributed by atoms with Crippen LogP contribution in [0, 0.1) is 18.2 Å². The van der Waals surface area contributed by atoms with Gasteiger partial charge in [0.15, 0.2) is 11.6 Å². The van der Waals surface area contributed by atoms with Crippen molar-refractivity contribution >= 4 is 85.8 Å². The summed E-state index contributed by atoms with van der Waals surface area (Å²) in [5.74, 6) is -1.63. The van der Waals surface area contributed by atoms with E-state index in [2.05, 4.69) is 20.6 Å². The molecule has 0 radical (unpaired) electrons. The van der Waals surface area contributed by atoms with Gasteiger partial charge in [0.1, 0.15) is 29.7 Å². The van der Waals surface area contributed by atoms with Gasteiger partial charge in [-0.05, 0) is 76.4 Å². The van der Waals surface area contributed by atoms with Crippen LogP contribution < -0.4 is 15.5 Å². The number of hydrogen-bond acceptors (Lipinski definition) is 17. The van der Waals surface area contributed by atoms with Crippen LogP contribution in [0.3, 0.4) is 0 Å². The van der Waals surface area contributed by atoms with Crippen LogP contribution in [0.15, 0.2) is 84.4 Å². The minimum Gasteiger partial charge on any atom is -0.508 e. The van der Waals surface area contributed by atoms with Gasteiger partial charge >= 0.3 is 0 Å². The number of aliphatic hydroxyl groups is 1. The average Bonchev–Trinajstić information content (AvgIpc) is 1.51. The summed E-state index contributed by atoms with van der Waals surface area (Å²) in [6, 6.07) is 18.3. The molecule has 4 aromatic carbocycles. The number of rotatable bonds is 28. The summed E-state index contributed by atoms with van der Waals surface area (Å²) in [5, 5.41) is 29.1. The number of nitrogens with zero attached hydrogens (tertiary/aromatic N) is 7. The van der Waals surface area contributed by atoms with Gasteiger partial charge in [-0.25, -0.2) is 14.4 Å². The number of piperazine rings is 1. The SMILES string of the molecule is Cc1ncsc1-c1ccc([C@H](C)CC(=O)[C@@H]2C[C@@H](O)CN2C(=O)[C@@H](NC(=O)COCCOCCOCCOCC/C=C/C(=O)N2CCN(c3nc(NCCC(=O)N(C)C)nc4c(F)c(-c5cc(O)cc6ccccc56)c(Cl)cc34)CC2)C(C)(C)C)cc1. The topological polar surface area (TPSA) is 238 Å². The maximum absolute atomic E-state index is 17.0. The normalized spacial score (nSPS) is 16.2. The fourth-order valence-electron chi connectivity index (χ4n) is 10.6. The van der Waals surface area contributed by atoms with E-state index in [4.69, 9.17) is 35.5 Å². The van der Waals surface area contributed by atoms with E-state index in [0.717, 1.165) is 21.7 Å². The number of ketones is 1. The first kappa shape index (κ1) is 65.8. The molecule has 0 bridgehead atoms. The Morgan fingerprint density at radius 1 is 0.897 bits per heavy atom. The number of aromatic nitrogens is 3. The molecule has 20 nitrogen and oxygen atoms in total. The average molecular weight is 1240 g/mol. The Morgan fingerprint density at radius 2 is 1.57 bits per heavy atom. The summed E-state index contributed by atoms with van der Waals surface area (Å²) in [6.45, 7) is 12.8. The van der Waals surface area contributed by atoms with Crippen LogP contribution >= 0.6 is 22.9 Å². The highest BCUT2D eigenvalue weighted by molar-refractivity contribution is 7.13. The highest BCUT2D eigenvalue weighted by Gasteiger charge is 2.44. The highest BCUT2D eigenvalue weighted by Crippen LogP contribution is 2.43. The van der Waals surface area contributed by atoms with E-state index >= 15 is 4.39 Å². The number of aromatic hydroxyl groups is 1. The minimum atomic E-state index is -0.972. The molecule has 2 fully saturated rings. The van der Waals surface area contributed by atoms with Crippen molar-refractivity contribution in [3.63, 3.8) is 0 Å². The van der Waals surface area contributed by atoms with Crippen molar-refractivity contribution in [2.24, 2.45) is 5.41 Å².